The van der Waals surface area contributed by atoms with E-state index < -0.39 is 22.2 Å². The van der Waals surface area contributed by atoms with E-state index in [1.807, 2.05) is 0 Å². The van der Waals surface area contributed by atoms with Crippen LogP contribution in [-0.2, 0) is 4.79 Å². The van der Waals surface area contributed by atoms with Crippen molar-refractivity contribution in [3.8, 4) is 11.5 Å². The Bertz CT molecular complexity index is 1400. The highest BCUT2D eigenvalue weighted by molar-refractivity contribution is 8.23. The molecule has 0 unspecified atom stereocenters. The number of pyridine rings is 1. The standard InChI is InChI=1S/C22H23N5O6S/c23-18(28)11-33-13-7-8-15-17(9-13)34(31,32)26-21(25-15)19-20(29)14-3-1-2-4-16(14)27(22(19)30)24-10-12-5-6-12/h1-4,7-9,12,24,29,31-32H,5-6,10-11H2,(H2,23,28)(H,25,26). The number of aromatic hydroxyl groups is 1. The van der Waals surface area contributed by atoms with Gasteiger partial charge in [0.25, 0.3) is 11.5 Å². The van der Waals surface area contributed by atoms with E-state index in [-0.39, 0.29) is 40.1 Å². The number of primary amides is 1. The molecule has 1 aliphatic heterocycles. The first-order valence-electron chi connectivity index (χ1n) is 10.6. The van der Waals surface area contributed by atoms with Crippen molar-refractivity contribution in [2.75, 3.05) is 23.9 Å². The lowest BCUT2D eigenvalue weighted by Gasteiger charge is -2.34. The predicted molar refractivity (Wildman–Crippen MR) is 129 cm³/mol. The number of amidine groups is 1. The summed E-state index contributed by atoms with van der Waals surface area (Å²) in [5, 5.41) is 14.3. The topological polar surface area (TPSA) is 171 Å². The monoisotopic (exact) mass is 485 g/mol. The number of hydrogen-bond donors (Lipinski definition) is 6. The maximum Gasteiger partial charge on any atom is 0.284 e. The van der Waals surface area contributed by atoms with Crippen LogP contribution in [0, 0.1) is 5.92 Å². The number of nitrogens with zero attached hydrogens (tertiary/aromatic N) is 2. The lowest BCUT2D eigenvalue weighted by molar-refractivity contribution is -0.119. The highest BCUT2D eigenvalue weighted by Gasteiger charge is 2.31. The van der Waals surface area contributed by atoms with Crippen LogP contribution in [0.25, 0.3) is 10.9 Å². The largest absolute Gasteiger partial charge is 0.506 e. The van der Waals surface area contributed by atoms with Crippen molar-refractivity contribution in [1.29, 1.82) is 0 Å². The minimum Gasteiger partial charge on any atom is -0.506 e. The number of hydrogen-bond acceptors (Lipinski definition) is 9. The van der Waals surface area contributed by atoms with Gasteiger partial charge in [-0.15, -0.1) is 4.40 Å². The Morgan fingerprint density at radius 2 is 2.03 bits per heavy atom. The lowest BCUT2D eigenvalue weighted by Crippen LogP contribution is -2.36. The van der Waals surface area contributed by atoms with Gasteiger partial charge in [0, 0.05) is 18.0 Å². The zero-order chi connectivity index (χ0) is 24.0. The Labute approximate surface area is 195 Å². The average molecular weight is 486 g/mol. The van der Waals surface area contributed by atoms with Gasteiger partial charge in [-0.1, -0.05) is 22.9 Å². The van der Waals surface area contributed by atoms with Crippen molar-refractivity contribution >= 4 is 39.1 Å². The van der Waals surface area contributed by atoms with E-state index in [9.17, 15) is 23.8 Å². The SMILES string of the molecule is NC(=O)COc1ccc2c(c1)S(O)(O)N=C(c1c(O)c3ccccc3n(NCC3CC3)c1=O)N2. The lowest BCUT2D eigenvalue weighted by atomic mass is 10.1. The molecule has 0 atom stereocenters. The zero-order valence-corrected chi connectivity index (χ0v) is 18.7. The van der Waals surface area contributed by atoms with Gasteiger partial charge in [-0.25, -0.2) is 4.68 Å². The molecule has 2 aliphatic rings. The van der Waals surface area contributed by atoms with E-state index >= 15 is 0 Å². The molecule has 1 fully saturated rings. The summed E-state index contributed by atoms with van der Waals surface area (Å²) < 4.78 is 32.1. The molecule has 3 aromatic rings. The van der Waals surface area contributed by atoms with Crippen LogP contribution >= 0.6 is 10.8 Å². The number of amides is 1. The number of carbonyl (C=O) groups is 1. The van der Waals surface area contributed by atoms with Gasteiger partial charge in [-0.3, -0.25) is 18.7 Å². The van der Waals surface area contributed by atoms with Crippen molar-refractivity contribution in [2.45, 2.75) is 17.7 Å². The number of anilines is 1. The van der Waals surface area contributed by atoms with Gasteiger partial charge in [0.2, 0.25) is 0 Å². The number of nitrogens with two attached hydrogens (primary N) is 1. The summed E-state index contributed by atoms with van der Waals surface area (Å²) in [7, 11) is -3.77. The first-order valence-corrected chi connectivity index (χ1v) is 12.1. The molecule has 178 valence electrons. The van der Waals surface area contributed by atoms with E-state index in [2.05, 4.69) is 15.1 Å². The summed E-state index contributed by atoms with van der Waals surface area (Å²) in [6.07, 6.45) is 2.17. The fourth-order valence-corrected chi connectivity index (χ4v) is 4.93. The summed E-state index contributed by atoms with van der Waals surface area (Å²) in [5.74, 6) is -0.498. The molecule has 1 saturated carbocycles. The summed E-state index contributed by atoms with van der Waals surface area (Å²) >= 11 is 0. The summed E-state index contributed by atoms with van der Waals surface area (Å²) in [5.41, 5.74) is 8.20. The molecule has 5 rings (SSSR count). The van der Waals surface area contributed by atoms with E-state index in [1.54, 1.807) is 24.3 Å². The van der Waals surface area contributed by atoms with Crippen LogP contribution in [0.15, 0.2) is 56.6 Å². The van der Waals surface area contributed by atoms with Crippen LogP contribution in [0.4, 0.5) is 5.69 Å². The maximum atomic E-state index is 13.5. The zero-order valence-electron chi connectivity index (χ0n) is 17.9. The Morgan fingerprint density at radius 3 is 2.76 bits per heavy atom. The molecule has 12 heteroatoms. The Morgan fingerprint density at radius 1 is 1.26 bits per heavy atom. The smallest absolute Gasteiger partial charge is 0.284 e. The van der Waals surface area contributed by atoms with Gasteiger partial charge in [0.05, 0.1) is 11.2 Å². The van der Waals surface area contributed by atoms with Crippen LogP contribution in [-0.4, -0.2) is 43.8 Å². The number of aromatic nitrogens is 1. The second-order valence-electron chi connectivity index (χ2n) is 8.18. The molecule has 7 N–H and O–H groups in total. The predicted octanol–water partition coefficient (Wildman–Crippen LogP) is 2.42. The number of para-hydroxylation sites is 1. The Balaban J connectivity index is 1.59. The number of rotatable bonds is 7. The highest BCUT2D eigenvalue weighted by Crippen LogP contribution is 2.56. The number of carbonyl (C=O) groups excluding carboxylic acids is 1. The third-order valence-electron chi connectivity index (χ3n) is 5.63. The molecular formula is C22H23N5O6S. The van der Waals surface area contributed by atoms with Crippen LogP contribution in [0.3, 0.4) is 0 Å². The van der Waals surface area contributed by atoms with E-state index in [1.165, 1.54) is 22.9 Å². The van der Waals surface area contributed by atoms with Crippen molar-refractivity contribution in [1.82, 2.24) is 4.68 Å². The Hall–Kier alpha value is -3.74. The second kappa shape index (κ2) is 8.24. The van der Waals surface area contributed by atoms with Crippen molar-refractivity contribution in [3.63, 3.8) is 0 Å². The van der Waals surface area contributed by atoms with Crippen LogP contribution < -0.4 is 26.8 Å². The molecule has 1 aliphatic carbocycles. The quantitative estimate of drug-likeness (QED) is 0.296. The van der Waals surface area contributed by atoms with Gasteiger partial charge in [-0.2, -0.15) is 0 Å². The minimum absolute atomic E-state index is 0.0192. The third-order valence-corrected chi connectivity index (χ3v) is 6.99. The molecule has 1 aromatic heterocycles. The average Bonchev–Trinajstić information content (AvgIpc) is 3.62. The summed E-state index contributed by atoms with van der Waals surface area (Å²) in [6.45, 7) is 0.221. The number of ether oxygens (including phenoxy) is 1. The molecule has 0 bridgehead atoms. The fourth-order valence-electron chi connectivity index (χ4n) is 3.75. The molecule has 0 saturated heterocycles. The minimum atomic E-state index is -3.77. The molecule has 2 aromatic carbocycles. The van der Waals surface area contributed by atoms with Crippen molar-refractivity contribution in [3.05, 3.63) is 58.4 Å². The van der Waals surface area contributed by atoms with Gasteiger partial charge >= 0.3 is 0 Å². The first kappa shape index (κ1) is 22.1. The Kier molecular flexibility index (Phi) is 5.35. The van der Waals surface area contributed by atoms with Gasteiger partial charge in [0.15, 0.2) is 12.4 Å². The number of fused-ring (bicyclic) bond motifs is 2. The van der Waals surface area contributed by atoms with E-state index in [4.69, 9.17) is 10.5 Å². The van der Waals surface area contributed by atoms with Gasteiger partial charge in [-0.05, 0) is 43.0 Å². The molecule has 0 radical (unpaired) electrons. The summed E-state index contributed by atoms with van der Waals surface area (Å²) in [4.78, 5) is 24.5. The maximum absolute atomic E-state index is 13.5. The highest BCUT2D eigenvalue weighted by atomic mass is 32.3. The normalized spacial score (nSPS) is 17.3. The van der Waals surface area contributed by atoms with Crippen molar-refractivity contribution in [2.24, 2.45) is 16.0 Å². The number of benzene rings is 2. The fraction of sp³-hybridized carbons (Fsp3) is 0.227. The van der Waals surface area contributed by atoms with Crippen LogP contribution in [0.2, 0.25) is 0 Å². The van der Waals surface area contributed by atoms with Crippen molar-refractivity contribution < 1.29 is 23.7 Å². The molecule has 11 nitrogen and oxygen atoms in total. The third kappa shape index (κ3) is 4.02. The van der Waals surface area contributed by atoms with E-state index in [0.717, 1.165) is 12.8 Å². The molecule has 34 heavy (non-hydrogen) atoms. The van der Waals surface area contributed by atoms with Crippen LogP contribution in [0.1, 0.15) is 18.4 Å². The second-order valence-corrected chi connectivity index (χ2v) is 9.84. The molecular weight excluding hydrogens is 462 g/mol. The number of nitrogens with one attached hydrogen (secondary N) is 2. The first-order chi connectivity index (χ1) is 16.2. The molecule has 2 heterocycles. The van der Waals surface area contributed by atoms with Gasteiger partial charge in [0.1, 0.15) is 22.0 Å². The summed E-state index contributed by atoms with van der Waals surface area (Å²) in [6, 6.07) is 11.2. The van der Waals surface area contributed by atoms with Gasteiger partial charge < -0.3 is 26.3 Å². The van der Waals surface area contributed by atoms with E-state index in [0.29, 0.717) is 23.4 Å². The van der Waals surface area contributed by atoms with Crippen LogP contribution in [0.5, 0.6) is 11.5 Å². The molecule has 0 spiro atoms. The molecule has 1 amide bonds.